The van der Waals surface area contributed by atoms with Gasteiger partial charge in [0, 0.05) is 23.6 Å². The molecule has 144 valence electrons. The van der Waals surface area contributed by atoms with Gasteiger partial charge in [-0.25, -0.2) is 17.7 Å². The molecule has 4 rings (SSSR count). The summed E-state index contributed by atoms with van der Waals surface area (Å²) in [6.45, 7) is 2.14. The summed E-state index contributed by atoms with van der Waals surface area (Å²) < 4.78 is 27.4. The Labute approximate surface area is 164 Å². The first-order chi connectivity index (χ1) is 13.5. The van der Waals surface area contributed by atoms with Crippen molar-refractivity contribution in [2.75, 3.05) is 6.54 Å². The van der Waals surface area contributed by atoms with Gasteiger partial charge in [0.25, 0.3) is 15.9 Å². The molecular formula is C21H21N3O3S. The van der Waals surface area contributed by atoms with E-state index in [1.165, 1.54) is 0 Å². The van der Waals surface area contributed by atoms with Crippen molar-refractivity contribution in [3.05, 3.63) is 66.4 Å². The van der Waals surface area contributed by atoms with Crippen molar-refractivity contribution >= 4 is 38.2 Å². The maximum atomic E-state index is 13.2. The summed E-state index contributed by atoms with van der Waals surface area (Å²) >= 11 is 0. The van der Waals surface area contributed by atoms with Crippen molar-refractivity contribution in [2.45, 2.75) is 25.0 Å². The van der Waals surface area contributed by atoms with Crippen molar-refractivity contribution in [2.24, 2.45) is 4.99 Å². The van der Waals surface area contributed by atoms with E-state index < -0.39 is 21.2 Å². The maximum absolute atomic E-state index is 13.2. The highest BCUT2D eigenvalue weighted by molar-refractivity contribution is 7.91. The van der Waals surface area contributed by atoms with Crippen LogP contribution in [0.15, 0.2) is 65.8 Å². The van der Waals surface area contributed by atoms with E-state index in [-0.39, 0.29) is 12.3 Å². The summed E-state index contributed by atoms with van der Waals surface area (Å²) in [5.41, 5.74) is 2.12. The number of benzene rings is 2. The third kappa shape index (κ3) is 3.11. The monoisotopic (exact) mass is 395 g/mol. The van der Waals surface area contributed by atoms with E-state index in [1.54, 1.807) is 30.3 Å². The van der Waals surface area contributed by atoms with Gasteiger partial charge in [-0.3, -0.25) is 4.79 Å². The first-order valence-corrected chi connectivity index (χ1v) is 10.8. The third-order valence-electron chi connectivity index (χ3n) is 4.90. The Morgan fingerprint density at radius 3 is 2.64 bits per heavy atom. The Hall–Kier alpha value is -2.93. The summed E-state index contributed by atoms with van der Waals surface area (Å²) in [5.74, 6) is -0.531. The molecule has 0 saturated carbocycles. The Morgan fingerprint density at radius 1 is 1.11 bits per heavy atom. The van der Waals surface area contributed by atoms with Crippen LogP contribution >= 0.6 is 0 Å². The predicted octanol–water partition coefficient (Wildman–Crippen LogP) is 3.95. The molecule has 1 N–H and O–H groups in total. The van der Waals surface area contributed by atoms with Crippen LogP contribution in [0.3, 0.4) is 0 Å². The van der Waals surface area contributed by atoms with Crippen molar-refractivity contribution in [1.29, 1.82) is 0 Å². The van der Waals surface area contributed by atoms with Crippen molar-refractivity contribution < 1.29 is 13.2 Å². The lowest BCUT2D eigenvalue weighted by Crippen LogP contribution is -2.31. The summed E-state index contributed by atoms with van der Waals surface area (Å²) in [5, 5.41) is -0.130. The lowest BCUT2D eigenvalue weighted by atomic mass is 10.1. The molecule has 3 aromatic rings. The third-order valence-corrected chi connectivity index (χ3v) is 6.96. The molecule has 1 saturated heterocycles. The maximum Gasteiger partial charge on any atom is 0.283 e. The van der Waals surface area contributed by atoms with Crippen molar-refractivity contribution in [3.8, 4) is 0 Å². The Bertz CT molecular complexity index is 1150. The first kappa shape index (κ1) is 18.4. The number of fused-ring (bicyclic) bond motifs is 1. The SMILES string of the molecule is CCCCN1C(=O)C(=Nc2ccc3[nH]ccc3c2)C(c2ccccc2)S1(=O)=O. The molecule has 1 atom stereocenters. The molecule has 1 amide bonds. The van der Waals surface area contributed by atoms with Gasteiger partial charge in [0.15, 0.2) is 5.25 Å². The predicted molar refractivity (Wildman–Crippen MR) is 110 cm³/mol. The van der Waals surface area contributed by atoms with Crippen LogP contribution in [0.25, 0.3) is 10.9 Å². The van der Waals surface area contributed by atoms with Crippen LogP contribution in [0.4, 0.5) is 5.69 Å². The minimum absolute atomic E-state index is 0.0530. The van der Waals surface area contributed by atoms with Crippen LogP contribution in [0, 0.1) is 0 Å². The molecule has 0 spiro atoms. The van der Waals surface area contributed by atoms with E-state index in [4.69, 9.17) is 0 Å². The molecule has 28 heavy (non-hydrogen) atoms. The molecule has 6 nitrogen and oxygen atoms in total. The minimum Gasteiger partial charge on any atom is -0.361 e. The van der Waals surface area contributed by atoms with Gasteiger partial charge in [-0.2, -0.15) is 0 Å². The molecule has 7 heteroatoms. The van der Waals surface area contributed by atoms with E-state index in [2.05, 4.69) is 9.98 Å². The molecule has 2 heterocycles. The van der Waals surface area contributed by atoms with Gasteiger partial charge in [-0.15, -0.1) is 0 Å². The van der Waals surface area contributed by atoms with Crippen LogP contribution in [0.1, 0.15) is 30.6 Å². The molecule has 0 bridgehead atoms. The van der Waals surface area contributed by atoms with Gasteiger partial charge in [-0.05, 0) is 36.2 Å². The Balaban J connectivity index is 1.85. The molecule has 0 aliphatic carbocycles. The number of amides is 1. The summed E-state index contributed by atoms with van der Waals surface area (Å²) in [6.07, 6.45) is 3.24. The molecule has 2 aromatic carbocycles. The fourth-order valence-corrected chi connectivity index (χ4v) is 5.37. The molecule has 1 aromatic heterocycles. The average molecular weight is 395 g/mol. The standard InChI is InChI=1S/C21H21N3O3S/c1-2-3-13-24-21(25)19(20(28(24,26)27)15-7-5-4-6-8-15)23-17-9-10-18-16(14-17)11-12-22-18/h4-12,14,20,22H,2-3,13H2,1H3. The molecule has 1 fully saturated rings. The van der Waals surface area contributed by atoms with Gasteiger partial charge < -0.3 is 4.98 Å². The van der Waals surface area contributed by atoms with E-state index >= 15 is 0 Å². The molecule has 1 unspecified atom stereocenters. The fraction of sp³-hybridized carbons (Fsp3) is 0.238. The van der Waals surface area contributed by atoms with E-state index in [0.29, 0.717) is 17.7 Å². The number of unbranched alkanes of at least 4 members (excludes halogenated alkanes) is 1. The van der Waals surface area contributed by atoms with Gasteiger partial charge in [0.05, 0.1) is 5.69 Å². The van der Waals surface area contributed by atoms with Gasteiger partial charge in [0.2, 0.25) is 0 Å². The smallest absolute Gasteiger partial charge is 0.283 e. The number of sulfonamides is 1. The highest BCUT2D eigenvalue weighted by Gasteiger charge is 2.50. The molecule has 1 aliphatic rings. The van der Waals surface area contributed by atoms with Crippen LogP contribution < -0.4 is 0 Å². The highest BCUT2D eigenvalue weighted by Crippen LogP contribution is 2.36. The number of carbonyl (C=O) groups is 1. The zero-order valence-electron chi connectivity index (χ0n) is 15.5. The number of hydrogen-bond acceptors (Lipinski definition) is 4. The number of carbonyl (C=O) groups excluding carboxylic acids is 1. The average Bonchev–Trinajstić information content (AvgIpc) is 3.22. The number of aromatic nitrogens is 1. The minimum atomic E-state index is -3.86. The van der Waals surface area contributed by atoms with E-state index in [9.17, 15) is 13.2 Å². The van der Waals surface area contributed by atoms with Gasteiger partial charge in [-0.1, -0.05) is 43.7 Å². The second-order valence-corrected chi connectivity index (χ2v) is 8.75. The topological polar surface area (TPSA) is 82.6 Å². The van der Waals surface area contributed by atoms with Crippen LogP contribution in [-0.2, 0) is 14.8 Å². The van der Waals surface area contributed by atoms with E-state index in [1.807, 2.05) is 37.4 Å². The molecular weight excluding hydrogens is 374 g/mol. The fourth-order valence-electron chi connectivity index (χ4n) is 3.47. The number of aromatic amines is 1. The van der Waals surface area contributed by atoms with Crippen LogP contribution in [-0.4, -0.2) is 35.9 Å². The zero-order chi connectivity index (χ0) is 19.7. The Morgan fingerprint density at radius 2 is 1.89 bits per heavy atom. The quantitative estimate of drug-likeness (QED) is 0.710. The normalized spacial score (nSPS) is 20.3. The number of hydrogen-bond donors (Lipinski definition) is 1. The molecule has 1 aliphatic heterocycles. The number of H-pyrrole nitrogens is 1. The lowest BCUT2D eigenvalue weighted by Gasteiger charge is -2.15. The zero-order valence-corrected chi connectivity index (χ0v) is 16.3. The van der Waals surface area contributed by atoms with Crippen LogP contribution in [0.5, 0.6) is 0 Å². The summed E-state index contributed by atoms with van der Waals surface area (Å²) in [4.78, 5) is 20.7. The number of rotatable bonds is 5. The second-order valence-electron chi connectivity index (χ2n) is 6.81. The Kier molecular flexibility index (Phi) is 4.77. The first-order valence-electron chi connectivity index (χ1n) is 9.29. The number of nitrogens with zero attached hydrogens (tertiary/aromatic N) is 2. The van der Waals surface area contributed by atoms with Gasteiger partial charge in [0.1, 0.15) is 5.71 Å². The summed E-state index contributed by atoms with van der Waals surface area (Å²) in [6, 6.07) is 16.2. The van der Waals surface area contributed by atoms with Crippen molar-refractivity contribution in [1.82, 2.24) is 9.29 Å². The van der Waals surface area contributed by atoms with E-state index in [0.717, 1.165) is 21.6 Å². The highest BCUT2D eigenvalue weighted by atomic mass is 32.2. The number of aliphatic imine (C=N–C) groups is 1. The summed E-state index contributed by atoms with van der Waals surface area (Å²) in [7, 11) is -3.86. The van der Waals surface area contributed by atoms with Crippen molar-refractivity contribution in [3.63, 3.8) is 0 Å². The van der Waals surface area contributed by atoms with Crippen LogP contribution in [0.2, 0.25) is 0 Å². The van der Waals surface area contributed by atoms with Gasteiger partial charge >= 0.3 is 0 Å². The molecule has 0 radical (unpaired) electrons. The largest absolute Gasteiger partial charge is 0.361 e. The lowest BCUT2D eigenvalue weighted by molar-refractivity contribution is -0.119. The second kappa shape index (κ2) is 7.24. The number of nitrogens with one attached hydrogen (secondary N) is 1.